The lowest BCUT2D eigenvalue weighted by atomic mass is 9.76. The number of carbonyl (C=O) groups is 2. The predicted molar refractivity (Wildman–Crippen MR) is 72.6 cm³/mol. The molecule has 1 aliphatic heterocycles. The SMILES string of the molecule is CC1CCCC1C(=O)N1CCC(C(=O)O)(C(C)C)C1. The first-order chi connectivity index (χ1) is 8.88. The summed E-state index contributed by atoms with van der Waals surface area (Å²) in [4.78, 5) is 25.9. The van der Waals surface area contributed by atoms with Crippen LogP contribution in [0, 0.1) is 23.2 Å². The van der Waals surface area contributed by atoms with Gasteiger partial charge in [-0.2, -0.15) is 0 Å². The Balaban J connectivity index is 2.09. The number of hydrogen-bond donors (Lipinski definition) is 1. The molecule has 0 radical (unpaired) electrons. The van der Waals surface area contributed by atoms with Gasteiger partial charge in [-0.15, -0.1) is 0 Å². The first-order valence-electron chi connectivity index (χ1n) is 7.40. The molecule has 2 aliphatic rings. The third kappa shape index (κ3) is 2.37. The van der Waals surface area contributed by atoms with Crippen molar-refractivity contribution in [2.45, 2.75) is 46.5 Å². The number of aliphatic carboxylic acids is 1. The van der Waals surface area contributed by atoms with E-state index in [0.717, 1.165) is 19.3 Å². The van der Waals surface area contributed by atoms with Crippen molar-refractivity contribution in [3.8, 4) is 0 Å². The van der Waals surface area contributed by atoms with Crippen LogP contribution in [-0.4, -0.2) is 35.0 Å². The lowest BCUT2D eigenvalue weighted by Gasteiger charge is -2.29. The number of amides is 1. The van der Waals surface area contributed by atoms with Crippen molar-refractivity contribution in [2.75, 3.05) is 13.1 Å². The maximum absolute atomic E-state index is 12.5. The van der Waals surface area contributed by atoms with Gasteiger partial charge in [0.2, 0.25) is 5.91 Å². The molecular formula is C15H25NO3. The van der Waals surface area contributed by atoms with Gasteiger partial charge in [-0.05, 0) is 31.1 Å². The maximum atomic E-state index is 12.5. The van der Waals surface area contributed by atoms with Gasteiger partial charge in [0.05, 0.1) is 5.41 Å². The monoisotopic (exact) mass is 267 g/mol. The van der Waals surface area contributed by atoms with Gasteiger partial charge in [0.1, 0.15) is 0 Å². The van der Waals surface area contributed by atoms with E-state index in [1.165, 1.54) is 0 Å². The highest BCUT2D eigenvalue weighted by molar-refractivity contribution is 5.82. The Bertz CT molecular complexity index is 380. The quantitative estimate of drug-likeness (QED) is 0.854. The van der Waals surface area contributed by atoms with Crippen molar-refractivity contribution in [3.05, 3.63) is 0 Å². The second-order valence-corrected chi connectivity index (χ2v) is 6.64. The van der Waals surface area contributed by atoms with Gasteiger partial charge in [-0.25, -0.2) is 0 Å². The van der Waals surface area contributed by atoms with Gasteiger partial charge >= 0.3 is 5.97 Å². The highest BCUT2D eigenvalue weighted by Gasteiger charge is 2.49. The van der Waals surface area contributed by atoms with E-state index < -0.39 is 11.4 Å². The van der Waals surface area contributed by atoms with Crippen molar-refractivity contribution in [1.82, 2.24) is 4.90 Å². The molecule has 1 saturated carbocycles. The van der Waals surface area contributed by atoms with Crippen molar-refractivity contribution in [1.29, 1.82) is 0 Å². The first kappa shape index (κ1) is 14.4. The lowest BCUT2D eigenvalue weighted by molar-refractivity contribution is -0.151. The number of nitrogens with zero attached hydrogens (tertiary/aromatic N) is 1. The summed E-state index contributed by atoms with van der Waals surface area (Å²) >= 11 is 0. The number of carbonyl (C=O) groups excluding carboxylic acids is 1. The number of rotatable bonds is 3. The lowest BCUT2D eigenvalue weighted by Crippen LogP contribution is -2.42. The molecule has 19 heavy (non-hydrogen) atoms. The minimum atomic E-state index is -0.753. The summed E-state index contributed by atoms with van der Waals surface area (Å²) in [5.41, 5.74) is -0.739. The molecule has 0 bridgehead atoms. The summed E-state index contributed by atoms with van der Waals surface area (Å²) in [5, 5.41) is 9.51. The zero-order valence-corrected chi connectivity index (χ0v) is 12.2. The molecule has 1 amide bonds. The Kier molecular flexibility index (Phi) is 3.88. The zero-order chi connectivity index (χ0) is 14.2. The minimum absolute atomic E-state index is 0.0591. The molecular weight excluding hydrogens is 242 g/mol. The molecule has 1 heterocycles. The van der Waals surface area contributed by atoms with Crippen LogP contribution in [-0.2, 0) is 9.59 Å². The second kappa shape index (κ2) is 5.14. The second-order valence-electron chi connectivity index (χ2n) is 6.64. The van der Waals surface area contributed by atoms with Gasteiger partial charge in [-0.1, -0.05) is 27.2 Å². The van der Waals surface area contributed by atoms with Crippen LogP contribution in [0.5, 0.6) is 0 Å². The molecule has 4 nitrogen and oxygen atoms in total. The van der Waals surface area contributed by atoms with Crippen LogP contribution < -0.4 is 0 Å². The predicted octanol–water partition coefficient (Wildman–Crippen LogP) is 2.38. The molecule has 3 atom stereocenters. The maximum Gasteiger partial charge on any atom is 0.311 e. The molecule has 0 aromatic carbocycles. The first-order valence-corrected chi connectivity index (χ1v) is 7.40. The van der Waals surface area contributed by atoms with Crippen LogP contribution in [0.1, 0.15) is 46.5 Å². The summed E-state index contributed by atoms with van der Waals surface area (Å²) < 4.78 is 0. The molecule has 108 valence electrons. The highest BCUT2D eigenvalue weighted by atomic mass is 16.4. The Hall–Kier alpha value is -1.06. The van der Waals surface area contributed by atoms with E-state index in [0.29, 0.717) is 25.4 Å². The summed E-state index contributed by atoms with van der Waals surface area (Å²) in [6, 6.07) is 0. The molecule has 1 saturated heterocycles. The fraction of sp³-hybridized carbons (Fsp3) is 0.867. The van der Waals surface area contributed by atoms with Crippen molar-refractivity contribution in [3.63, 3.8) is 0 Å². The Morgan fingerprint density at radius 3 is 2.42 bits per heavy atom. The average molecular weight is 267 g/mol. The van der Waals surface area contributed by atoms with E-state index in [-0.39, 0.29) is 17.7 Å². The minimum Gasteiger partial charge on any atom is -0.481 e. The van der Waals surface area contributed by atoms with E-state index in [1.807, 2.05) is 13.8 Å². The number of hydrogen-bond acceptors (Lipinski definition) is 2. The van der Waals surface area contributed by atoms with E-state index in [1.54, 1.807) is 4.90 Å². The van der Waals surface area contributed by atoms with Crippen molar-refractivity contribution >= 4 is 11.9 Å². The summed E-state index contributed by atoms with van der Waals surface area (Å²) in [6.45, 7) is 7.02. The third-order valence-corrected chi connectivity index (χ3v) is 5.32. The molecule has 2 fully saturated rings. The van der Waals surface area contributed by atoms with Crippen LogP contribution in [0.15, 0.2) is 0 Å². The molecule has 1 aliphatic carbocycles. The number of carboxylic acid groups (broad SMARTS) is 1. The van der Waals surface area contributed by atoms with Crippen LogP contribution in [0.2, 0.25) is 0 Å². The van der Waals surface area contributed by atoms with E-state index in [2.05, 4.69) is 6.92 Å². The molecule has 0 aromatic rings. The summed E-state index contributed by atoms with van der Waals surface area (Å²) in [5.74, 6) is 0.0676. The standard InChI is InChI=1S/C15H25NO3/c1-10(2)15(14(18)19)7-8-16(9-15)13(17)12-6-4-5-11(12)3/h10-12H,4-9H2,1-3H3,(H,18,19). The number of likely N-dealkylation sites (tertiary alicyclic amines) is 1. The van der Waals surface area contributed by atoms with E-state index in [4.69, 9.17) is 0 Å². The smallest absolute Gasteiger partial charge is 0.311 e. The number of carboxylic acids is 1. The average Bonchev–Trinajstić information content (AvgIpc) is 2.94. The Morgan fingerprint density at radius 1 is 1.32 bits per heavy atom. The van der Waals surface area contributed by atoms with Gasteiger partial charge < -0.3 is 10.0 Å². The largest absolute Gasteiger partial charge is 0.481 e. The van der Waals surface area contributed by atoms with Gasteiger partial charge in [-0.3, -0.25) is 9.59 Å². The summed E-state index contributed by atoms with van der Waals surface area (Å²) in [6.07, 6.45) is 3.81. The highest BCUT2D eigenvalue weighted by Crippen LogP contribution is 2.40. The van der Waals surface area contributed by atoms with Gasteiger partial charge in [0.25, 0.3) is 0 Å². The Labute approximate surface area is 115 Å². The molecule has 0 aromatic heterocycles. The van der Waals surface area contributed by atoms with Gasteiger partial charge in [0, 0.05) is 19.0 Å². The van der Waals surface area contributed by atoms with Crippen LogP contribution in [0.3, 0.4) is 0 Å². The molecule has 4 heteroatoms. The third-order valence-electron chi connectivity index (χ3n) is 5.32. The fourth-order valence-corrected chi connectivity index (χ4v) is 3.66. The fourth-order valence-electron chi connectivity index (χ4n) is 3.66. The zero-order valence-electron chi connectivity index (χ0n) is 12.2. The van der Waals surface area contributed by atoms with Crippen LogP contribution >= 0.6 is 0 Å². The van der Waals surface area contributed by atoms with Crippen molar-refractivity contribution in [2.24, 2.45) is 23.2 Å². The van der Waals surface area contributed by atoms with Gasteiger partial charge in [0.15, 0.2) is 0 Å². The van der Waals surface area contributed by atoms with Crippen LogP contribution in [0.4, 0.5) is 0 Å². The van der Waals surface area contributed by atoms with E-state index >= 15 is 0 Å². The van der Waals surface area contributed by atoms with E-state index in [9.17, 15) is 14.7 Å². The molecule has 1 N–H and O–H groups in total. The summed E-state index contributed by atoms with van der Waals surface area (Å²) in [7, 11) is 0. The molecule has 2 rings (SSSR count). The Morgan fingerprint density at radius 2 is 2.00 bits per heavy atom. The van der Waals surface area contributed by atoms with Crippen molar-refractivity contribution < 1.29 is 14.7 Å². The molecule has 0 spiro atoms. The normalized spacial score (nSPS) is 35.1. The van der Waals surface area contributed by atoms with Crippen LogP contribution in [0.25, 0.3) is 0 Å². The topological polar surface area (TPSA) is 57.6 Å². The molecule has 3 unspecified atom stereocenters.